The highest BCUT2D eigenvalue weighted by Crippen LogP contribution is 2.28. The van der Waals surface area contributed by atoms with E-state index < -0.39 is 0 Å². The van der Waals surface area contributed by atoms with Crippen molar-refractivity contribution in [2.45, 2.75) is 32.6 Å². The lowest BCUT2D eigenvalue weighted by Crippen LogP contribution is -2.46. The van der Waals surface area contributed by atoms with Gasteiger partial charge in [0, 0.05) is 19.0 Å². The third-order valence-electron chi connectivity index (χ3n) is 3.25. The number of imide groups is 1. The Balaban J connectivity index is 1.77. The van der Waals surface area contributed by atoms with E-state index in [1.165, 1.54) is 0 Å². The molecule has 0 aromatic rings. The first-order valence-electron chi connectivity index (χ1n) is 5.76. The van der Waals surface area contributed by atoms with Crippen LogP contribution in [0.5, 0.6) is 0 Å². The number of carbonyl (C=O) groups excluding carboxylic acids is 2. The first-order chi connectivity index (χ1) is 7.16. The highest BCUT2D eigenvalue weighted by atomic mass is 16.2. The summed E-state index contributed by atoms with van der Waals surface area (Å²) in [5.74, 6) is 0.726. The molecule has 1 aliphatic carbocycles. The molecule has 84 valence electrons. The molecule has 1 saturated heterocycles. The fourth-order valence-corrected chi connectivity index (χ4v) is 1.84. The fourth-order valence-electron chi connectivity index (χ4n) is 1.84. The maximum atomic E-state index is 11.6. The van der Waals surface area contributed by atoms with E-state index in [2.05, 4.69) is 12.2 Å². The van der Waals surface area contributed by atoms with Gasteiger partial charge < -0.3 is 4.90 Å². The topological polar surface area (TPSA) is 49.4 Å². The Bertz CT molecular complexity index is 266. The molecule has 15 heavy (non-hydrogen) atoms. The molecule has 0 unspecified atom stereocenters. The van der Waals surface area contributed by atoms with E-state index in [9.17, 15) is 9.59 Å². The normalized spacial score (nSPS) is 22.6. The quantitative estimate of drug-likeness (QED) is 0.710. The minimum absolute atomic E-state index is 0.0846. The van der Waals surface area contributed by atoms with Gasteiger partial charge in [0.1, 0.15) is 0 Å². The second kappa shape index (κ2) is 4.21. The van der Waals surface area contributed by atoms with Crippen LogP contribution >= 0.6 is 0 Å². The smallest absolute Gasteiger partial charge is 0.324 e. The van der Waals surface area contributed by atoms with Gasteiger partial charge in [0.2, 0.25) is 5.91 Å². The lowest BCUT2D eigenvalue weighted by Gasteiger charge is -2.29. The Kier molecular flexibility index (Phi) is 2.93. The summed E-state index contributed by atoms with van der Waals surface area (Å²) in [7, 11) is 0. The van der Waals surface area contributed by atoms with Crippen molar-refractivity contribution in [3.8, 4) is 0 Å². The molecule has 0 atom stereocenters. The van der Waals surface area contributed by atoms with Crippen LogP contribution in [-0.4, -0.2) is 29.9 Å². The van der Waals surface area contributed by atoms with Crippen LogP contribution in [0.3, 0.4) is 0 Å². The van der Waals surface area contributed by atoms with Gasteiger partial charge in [-0.25, -0.2) is 4.79 Å². The zero-order chi connectivity index (χ0) is 10.8. The van der Waals surface area contributed by atoms with Gasteiger partial charge >= 0.3 is 6.03 Å². The van der Waals surface area contributed by atoms with Crippen molar-refractivity contribution in [1.29, 1.82) is 0 Å². The van der Waals surface area contributed by atoms with Crippen LogP contribution in [0, 0.1) is 11.8 Å². The molecule has 0 spiro atoms. The SMILES string of the molecule is CC1CCN(C(=O)NC(=O)C2CC2)CC1. The molecule has 1 saturated carbocycles. The number of urea groups is 1. The minimum atomic E-state index is -0.196. The largest absolute Gasteiger partial charge is 0.324 e. The zero-order valence-corrected chi connectivity index (χ0v) is 9.16. The molecule has 1 N–H and O–H groups in total. The average Bonchev–Trinajstić information content (AvgIpc) is 3.01. The Labute approximate surface area is 90.0 Å². The van der Waals surface area contributed by atoms with Crippen LogP contribution in [0.1, 0.15) is 32.6 Å². The Morgan fingerprint density at radius 1 is 1.13 bits per heavy atom. The molecule has 0 aromatic heterocycles. The lowest BCUT2D eigenvalue weighted by atomic mass is 10.00. The van der Waals surface area contributed by atoms with Gasteiger partial charge in [0.25, 0.3) is 0 Å². The van der Waals surface area contributed by atoms with Crippen LogP contribution in [-0.2, 0) is 4.79 Å². The van der Waals surface area contributed by atoms with Crippen molar-refractivity contribution in [3.63, 3.8) is 0 Å². The monoisotopic (exact) mass is 210 g/mol. The highest BCUT2D eigenvalue weighted by molar-refractivity contribution is 5.96. The summed E-state index contributed by atoms with van der Waals surface area (Å²) in [4.78, 5) is 24.8. The first kappa shape index (κ1) is 10.5. The lowest BCUT2D eigenvalue weighted by molar-refractivity contribution is -0.121. The second-order valence-corrected chi connectivity index (χ2v) is 4.74. The van der Waals surface area contributed by atoms with Gasteiger partial charge in [-0.3, -0.25) is 10.1 Å². The van der Waals surface area contributed by atoms with E-state index in [1.54, 1.807) is 4.90 Å². The van der Waals surface area contributed by atoms with Gasteiger partial charge in [0.05, 0.1) is 0 Å². The summed E-state index contributed by atoms with van der Waals surface area (Å²) in [6.07, 6.45) is 3.97. The van der Waals surface area contributed by atoms with Crippen LogP contribution in [0.4, 0.5) is 4.79 Å². The maximum Gasteiger partial charge on any atom is 0.324 e. The number of piperidine rings is 1. The van der Waals surface area contributed by atoms with Crippen molar-refractivity contribution in [3.05, 3.63) is 0 Å². The van der Waals surface area contributed by atoms with Crippen molar-refractivity contribution >= 4 is 11.9 Å². The summed E-state index contributed by atoms with van der Waals surface area (Å²) in [5.41, 5.74) is 0. The van der Waals surface area contributed by atoms with E-state index in [0.717, 1.165) is 38.8 Å². The Morgan fingerprint density at radius 3 is 2.27 bits per heavy atom. The summed E-state index contributed by atoms with van der Waals surface area (Å²) in [5, 5.41) is 2.47. The van der Waals surface area contributed by atoms with Crippen molar-refractivity contribution in [2.24, 2.45) is 11.8 Å². The molecule has 2 fully saturated rings. The number of nitrogens with one attached hydrogen (secondary N) is 1. The number of hydrogen-bond acceptors (Lipinski definition) is 2. The molecule has 4 nitrogen and oxygen atoms in total. The van der Waals surface area contributed by atoms with E-state index in [-0.39, 0.29) is 17.9 Å². The number of amides is 3. The van der Waals surface area contributed by atoms with Crippen LogP contribution < -0.4 is 5.32 Å². The third kappa shape index (κ3) is 2.70. The van der Waals surface area contributed by atoms with Gasteiger partial charge in [-0.05, 0) is 31.6 Å². The van der Waals surface area contributed by atoms with E-state index >= 15 is 0 Å². The summed E-state index contributed by atoms with van der Waals surface area (Å²) >= 11 is 0. The number of nitrogens with zero attached hydrogens (tertiary/aromatic N) is 1. The maximum absolute atomic E-state index is 11.6. The van der Waals surface area contributed by atoms with Crippen LogP contribution in [0.15, 0.2) is 0 Å². The van der Waals surface area contributed by atoms with Gasteiger partial charge in [-0.15, -0.1) is 0 Å². The average molecular weight is 210 g/mol. The predicted molar refractivity (Wildman–Crippen MR) is 56.2 cm³/mol. The van der Waals surface area contributed by atoms with Crippen molar-refractivity contribution < 1.29 is 9.59 Å². The van der Waals surface area contributed by atoms with Crippen molar-refractivity contribution in [2.75, 3.05) is 13.1 Å². The minimum Gasteiger partial charge on any atom is -0.324 e. The van der Waals surface area contributed by atoms with E-state index in [1.807, 2.05) is 0 Å². The number of carbonyl (C=O) groups is 2. The molecule has 0 bridgehead atoms. The molecular formula is C11H18N2O2. The Hall–Kier alpha value is -1.06. The molecular weight excluding hydrogens is 192 g/mol. The molecule has 1 aliphatic heterocycles. The van der Waals surface area contributed by atoms with Crippen molar-refractivity contribution in [1.82, 2.24) is 10.2 Å². The standard InChI is InChI=1S/C11H18N2O2/c1-8-4-6-13(7-5-8)11(15)12-10(14)9-2-3-9/h8-9H,2-7H2,1H3,(H,12,14,15). The number of likely N-dealkylation sites (tertiary alicyclic amines) is 1. The number of hydrogen-bond donors (Lipinski definition) is 1. The number of rotatable bonds is 1. The summed E-state index contributed by atoms with van der Waals surface area (Å²) in [6, 6.07) is -0.196. The molecule has 0 radical (unpaired) electrons. The molecule has 3 amide bonds. The first-order valence-corrected chi connectivity index (χ1v) is 5.76. The fraction of sp³-hybridized carbons (Fsp3) is 0.818. The van der Waals surface area contributed by atoms with Gasteiger partial charge in [0.15, 0.2) is 0 Å². The predicted octanol–water partition coefficient (Wildman–Crippen LogP) is 1.36. The summed E-state index contributed by atoms with van der Waals surface area (Å²) < 4.78 is 0. The zero-order valence-electron chi connectivity index (χ0n) is 9.16. The van der Waals surface area contributed by atoms with E-state index in [4.69, 9.17) is 0 Å². The molecule has 0 aromatic carbocycles. The molecule has 2 aliphatic rings. The Morgan fingerprint density at radius 2 is 1.73 bits per heavy atom. The van der Waals surface area contributed by atoms with Crippen LogP contribution in [0.2, 0.25) is 0 Å². The molecule has 1 heterocycles. The third-order valence-corrected chi connectivity index (χ3v) is 3.25. The second-order valence-electron chi connectivity index (χ2n) is 4.74. The van der Waals surface area contributed by atoms with Crippen LogP contribution in [0.25, 0.3) is 0 Å². The van der Waals surface area contributed by atoms with Gasteiger partial charge in [-0.1, -0.05) is 6.92 Å². The highest BCUT2D eigenvalue weighted by Gasteiger charge is 2.32. The molecule has 2 rings (SSSR count). The summed E-state index contributed by atoms with van der Waals surface area (Å²) in [6.45, 7) is 3.76. The molecule has 4 heteroatoms. The van der Waals surface area contributed by atoms with E-state index in [0.29, 0.717) is 5.92 Å². The van der Waals surface area contributed by atoms with Gasteiger partial charge in [-0.2, -0.15) is 0 Å².